The van der Waals surface area contributed by atoms with Crippen molar-refractivity contribution in [3.05, 3.63) is 71.5 Å². The van der Waals surface area contributed by atoms with Crippen LogP contribution in [-0.4, -0.2) is 82.8 Å². The first-order valence-corrected chi connectivity index (χ1v) is 12.8. The fourth-order valence-corrected chi connectivity index (χ4v) is 4.38. The van der Waals surface area contributed by atoms with E-state index in [4.69, 9.17) is 24.1 Å². The van der Waals surface area contributed by atoms with Crippen LogP contribution in [0.2, 0.25) is 0 Å². The molecule has 1 fully saturated rings. The van der Waals surface area contributed by atoms with Crippen LogP contribution in [0.15, 0.2) is 54.9 Å². The molecule has 6 rings (SSSR count). The molecule has 2 atom stereocenters. The molecule has 0 saturated carbocycles. The molecule has 1 aromatic heterocycles. The largest absolute Gasteiger partial charge is 0.493 e. The molecule has 3 aromatic rings. The highest BCUT2D eigenvalue weighted by atomic mass is 16.5. The van der Waals surface area contributed by atoms with Gasteiger partial charge in [-0.05, 0) is 35.9 Å². The molecule has 3 aliphatic heterocycles. The number of rotatable bonds is 2. The number of aromatic amines is 1. The van der Waals surface area contributed by atoms with Crippen molar-refractivity contribution in [1.29, 1.82) is 0 Å². The Morgan fingerprint density at radius 3 is 2.59 bits per heavy atom. The standard InChI is InChI=1S/C26H27N5O6.C2H4O2/c1-35-22-7-4-17-10-23(22)36-15-24(32)27-11-16-2-5-19(6-3-16)37-21-8-9-31(14-20(21)30-25(17)33)26(34)18-12-28-29-13-18;1-2(3)4/h2-7,10,12-13,20-21H,8-9,11,14-15H2,1H3,(H,27,32)(H,28,29)(H,30,33);1H3,(H,3,4)/t20-,21+;/m0./s1. The van der Waals surface area contributed by atoms with E-state index < -0.39 is 12.0 Å². The topological polar surface area (TPSA) is 172 Å². The van der Waals surface area contributed by atoms with Gasteiger partial charge in [-0.3, -0.25) is 24.3 Å². The van der Waals surface area contributed by atoms with Crippen LogP contribution in [-0.2, 0) is 16.1 Å². The maximum absolute atomic E-state index is 13.3. The number of H-pyrrole nitrogens is 1. The number of hydrogen-bond acceptors (Lipinski definition) is 8. The van der Waals surface area contributed by atoms with Gasteiger partial charge >= 0.3 is 0 Å². The molecule has 3 amide bonds. The number of aromatic nitrogens is 2. The van der Waals surface area contributed by atoms with Crippen molar-refractivity contribution >= 4 is 23.7 Å². The number of nitrogens with one attached hydrogen (secondary N) is 3. The summed E-state index contributed by atoms with van der Waals surface area (Å²) < 4.78 is 17.3. The molecule has 2 aromatic carbocycles. The maximum atomic E-state index is 13.3. The number of aliphatic carboxylic acids is 1. The van der Waals surface area contributed by atoms with Crippen LogP contribution < -0.4 is 24.8 Å². The number of carbonyl (C=O) groups is 4. The normalized spacial score (nSPS) is 18.6. The molecule has 3 aliphatic rings. The van der Waals surface area contributed by atoms with Crippen LogP contribution in [0.4, 0.5) is 0 Å². The van der Waals surface area contributed by atoms with E-state index in [1.165, 1.54) is 19.4 Å². The van der Waals surface area contributed by atoms with Gasteiger partial charge in [0.2, 0.25) is 0 Å². The quantitative estimate of drug-likeness (QED) is 0.360. The highest BCUT2D eigenvalue weighted by molar-refractivity contribution is 5.96. The zero-order valence-electron chi connectivity index (χ0n) is 22.6. The molecule has 0 spiro atoms. The summed E-state index contributed by atoms with van der Waals surface area (Å²) in [4.78, 5) is 49.3. The Kier molecular flexibility index (Phi) is 9.40. The van der Waals surface area contributed by atoms with Crippen LogP contribution in [0, 0.1) is 0 Å². The Morgan fingerprint density at radius 1 is 1.15 bits per heavy atom. The molecular weight excluding hydrogens is 534 g/mol. The summed E-state index contributed by atoms with van der Waals surface area (Å²) in [6.45, 7) is 1.90. The molecule has 0 radical (unpaired) electrons. The zero-order chi connectivity index (χ0) is 29.4. The summed E-state index contributed by atoms with van der Waals surface area (Å²) in [5, 5.41) is 19.8. The van der Waals surface area contributed by atoms with E-state index in [0.29, 0.717) is 42.1 Å². The number of piperidine rings is 1. The van der Waals surface area contributed by atoms with Gasteiger partial charge in [-0.1, -0.05) is 12.1 Å². The number of amides is 3. The van der Waals surface area contributed by atoms with E-state index in [1.807, 2.05) is 24.3 Å². The Bertz CT molecular complexity index is 1370. The third-order valence-electron chi connectivity index (χ3n) is 6.38. The van der Waals surface area contributed by atoms with Gasteiger partial charge in [0.1, 0.15) is 11.9 Å². The minimum Gasteiger partial charge on any atom is -0.493 e. The second kappa shape index (κ2) is 13.3. The SMILES string of the molecule is CC(=O)O.COc1ccc2cc1OCC(=O)NCc1ccc(cc1)O[C@@H]1CCN(C(=O)c3cn[nH]c3)C[C@@H]1NC2=O. The summed E-state index contributed by atoms with van der Waals surface area (Å²) >= 11 is 0. The molecule has 4 heterocycles. The summed E-state index contributed by atoms with van der Waals surface area (Å²) in [5.74, 6) is -0.386. The highest BCUT2D eigenvalue weighted by Crippen LogP contribution is 2.29. The Morgan fingerprint density at radius 2 is 1.90 bits per heavy atom. The Hall–Kier alpha value is -5.07. The number of ether oxygens (including phenoxy) is 3. The van der Waals surface area contributed by atoms with Crippen LogP contribution in [0.25, 0.3) is 0 Å². The molecule has 41 heavy (non-hydrogen) atoms. The van der Waals surface area contributed by atoms with E-state index in [-0.39, 0.29) is 42.7 Å². The monoisotopic (exact) mass is 565 g/mol. The van der Waals surface area contributed by atoms with Crippen LogP contribution >= 0.6 is 0 Å². The number of fused-ring (bicyclic) bond motifs is 7. The summed E-state index contributed by atoms with van der Waals surface area (Å²) in [6.07, 6.45) is 3.17. The number of carboxylic acid groups (broad SMARTS) is 1. The fraction of sp³-hybridized carbons (Fsp3) is 0.321. The first-order chi connectivity index (χ1) is 19.7. The van der Waals surface area contributed by atoms with Crippen molar-refractivity contribution in [2.75, 3.05) is 26.8 Å². The average molecular weight is 566 g/mol. The number of likely N-dealkylation sites (tertiary alicyclic amines) is 1. The van der Waals surface area contributed by atoms with Gasteiger partial charge in [-0.15, -0.1) is 0 Å². The molecule has 1 saturated heterocycles. The predicted octanol–water partition coefficient (Wildman–Crippen LogP) is 1.61. The van der Waals surface area contributed by atoms with Gasteiger partial charge in [0.15, 0.2) is 18.1 Å². The van der Waals surface area contributed by atoms with Gasteiger partial charge in [0.05, 0.1) is 24.9 Å². The van der Waals surface area contributed by atoms with Crippen LogP contribution in [0.1, 0.15) is 39.6 Å². The van der Waals surface area contributed by atoms with E-state index in [0.717, 1.165) is 12.5 Å². The third kappa shape index (κ3) is 7.75. The van der Waals surface area contributed by atoms with Gasteiger partial charge in [-0.2, -0.15) is 5.10 Å². The van der Waals surface area contributed by atoms with Crippen molar-refractivity contribution in [3.63, 3.8) is 0 Å². The number of nitrogens with zero attached hydrogens (tertiary/aromatic N) is 2. The first kappa shape index (κ1) is 28.9. The molecule has 13 heteroatoms. The summed E-state index contributed by atoms with van der Waals surface area (Å²) in [6, 6.07) is 11.7. The lowest BCUT2D eigenvalue weighted by atomic mass is 10.00. The Balaban J connectivity index is 0.000000909. The number of carbonyl (C=O) groups excluding carboxylic acids is 3. The minimum absolute atomic E-state index is 0.175. The molecule has 0 aliphatic carbocycles. The lowest BCUT2D eigenvalue weighted by Gasteiger charge is -2.38. The molecule has 4 N–H and O–H groups in total. The molecule has 4 bridgehead atoms. The van der Waals surface area contributed by atoms with Gasteiger partial charge in [0, 0.05) is 44.7 Å². The smallest absolute Gasteiger partial charge is 0.300 e. The van der Waals surface area contributed by atoms with Crippen LogP contribution in [0.3, 0.4) is 0 Å². The van der Waals surface area contributed by atoms with Crippen molar-refractivity contribution in [1.82, 2.24) is 25.7 Å². The van der Waals surface area contributed by atoms with Gasteiger partial charge in [-0.25, -0.2) is 0 Å². The zero-order valence-corrected chi connectivity index (χ0v) is 22.6. The predicted molar refractivity (Wildman–Crippen MR) is 145 cm³/mol. The first-order valence-electron chi connectivity index (χ1n) is 12.8. The molecule has 216 valence electrons. The van der Waals surface area contributed by atoms with Gasteiger partial charge < -0.3 is 34.9 Å². The number of methoxy groups -OCH3 is 1. The van der Waals surface area contributed by atoms with E-state index >= 15 is 0 Å². The molecular formula is C28H31N5O8. The number of hydrogen-bond donors (Lipinski definition) is 4. The minimum atomic E-state index is -0.833. The van der Waals surface area contributed by atoms with Crippen LogP contribution in [0.5, 0.6) is 17.2 Å². The fourth-order valence-electron chi connectivity index (χ4n) is 4.38. The molecule has 0 unspecified atom stereocenters. The van der Waals surface area contributed by atoms with Crippen molar-refractivity contribution in [2.24, 2.45) is 0 Å². The van der Waals surface area contributed by atoms with E-state index in [2.05, 4.69) is 20.8 Å². The van der Waals surface area contributed by atoms with Crippen molar-refractivity contribution < 1.29 is 38.5 Å². The second-order valence-electron chi connectivity index (χ2n) is 9.36. The van der Waals surface area contributed by atoms with Crippen molar-refractivity contribution in [3.8, 4) is 17.2 Å². The van der Waals surface area contributed by atoms with E-state index in [1.54, 1.807) is 23.2 Å². The molecule has 13 nitrogen and oxygen atoms in total. The lowest BCUT2D eigenvalue weighted by Crippen LogP contribution is -2.58. The average Bonchev–Trinajstić information content (AvgIpc) is 3.50. The third-order valence-corrected chi connectivity index (χ3v) is 6.38. The highest BCUT2D eigenvalue weighted by Gasteiger charge is 2.35. The number of benzene rings is 2. The lowest BCUT2D eigenvalue weighted by molar-refractivity contribution is -0.134. The Labute approximate surface area is 235 Å². The maximum Gasteiger partial charge on any atom is 0.300 e. The number of carboxylic acids is 1. The van der Waals surface area contributed by atoms with Gasteiger partial charge in [0.25, 0.3) is 23.7 Å². The summed E-state index contributed by atoms with van der Waals surface area (Å²) in [7, 11) is 1.48. The van der Waals surface area contributed by atoms with E-state index in [9.17, 15) is 14.4 Å². The summed E-state index contributed by atoms with van der Waals surface area (Å²) in [5.41, 5.74) is 1.67. The second-order valence-corrected chi connectivity index (χ2v) is 9.36. The van der Waals surface area contributed by atoms with Crippen molar-refractivity contribution in [2.45, 2.75) is 32.0 Å².